The summed E-state index contributed by atoms with van der Waals surface area (Å²) in [6, 6.07) is 5.81. The molecule has 2 N–H and O–H groups in total. The zero-order chi connectivity index (χ0) is 14.1. The summed E-state index contributed by atoms with van der Waals surface area (Å²) >= 11 is 0. The molecule has 4 nitrogen and oxygen atoms in total. The molecular formula is C16H20N2O2. The molecule has 4 heteroatoms. The summed E-state index contributed by atoms with van der Waals surface area (Å²) in [5.41, 5.74) is 2.74. The maximum Gasteiger partial charge on any atom is 0.311 e. The van der Waals surface area contributed by atoms with Crippen LogP contribution in [0.3, 0.4) is 0 Å². The predicted molar refractivity (Wildman–Crippen MR) is 77.8 cm³/mol. The summed E-state index contributed by atoms with van der Waals surface area (Å²) in [5, 5.41) is 9.63. The van der Waals surface area contributed by atoms with Gasteiger partial charge in [0.2, 0.25) is 0 Å². The molecule has 1 saturated carbocycles. The van der Waals surface area contributed by atoms with Crippen molar-refractivity contribution in [2.75, 3.05) is 0 Å². The second-order valence-electron chi connectivity index (χ2n) is 5.81. The number of aromatic amines is 1. The van der Waals surface area contributed by atoms with E-state index in [1.165, 1.54) is 6.42 Å². The number of benzene rings is 1. The van der Waals surface area contributed by atoms with E-state index in [0.717, 1.165) is 48.1 Å². The van der Waals surface area contributed by atoms with E-state index in [1.807, 2.05) is 25.1 Å². The Labute approximate surface area is 118 Å². The number of aliphatic carboxylic acids is 1. The van der Waals surface area contributed by atoms with E-state index < -0.39 is 5.97 Å². The Kier molecular flexibility index (Phi) is 3.47. The minimum atomic E-state index is -0.701. The number of aromatic nitrogens is 2. The summed E-state index contributed by atoms with van der Waals surface area (Å²) in [6.07, 6.45) is 5.59. The van der Waals surface area contributed by atoms with Crippen LogP contribution < -0.4 is 0 Å². The zero-order valence-corrected chi connectivity index (χ0v) is 11.7. The van der Waals surface area contributed by atoms with Crippen LogP contribution in [0.1, 0.15) is 49.4 Å². The van der Waals surface area contributed by atoms with Crippen molar-refractivity contribution < 1.29 is 9.90 Å². The first kappa shape index (κ1) is 13.2. The van der Waals surface area contributed by atoms with Crippen LogP contribution in [-0.2, 0) is 4.79 Å². The van der Waals surface area contributed by atoms with Crippen LogP contribution in [0.5, 0.6) is 0 Å². The number of fused-ring (bicyclic) bond motifs is 1. The second kappa shape index (κ2) is 5.27. The van der Waals surface area contributed by atoms with Gasteiger partial charge in [-0.05, 0) is 43.4 Å². The van der Waals surface area contributed by atoms with Gasteiger partial charge in [0.1, 0.15) is 5.82 Å². The molecule has 0 bridgehead atoms. The van der Waals surface area contributed by atoms with Gasteiger partial charge in [-0.2, -0.15) is 0 Å². The lowest BCUT2D eigenvalue weighted by Gasteiger charge is -2.27. The van der Waals surface area contributed by atoms with Crippen LogP contribution in [0.2, 0.25) is 0 Å². The van der Waals surface area contributed by atoms with E-state index in [0.29, 0.717) is 0 Å². The lowest BCUT2D eigenvalue weighted by atomic mass is 9.77. The second-order valence-corrected chi connectivity index (χ2v) is 5.81. The number of carboxylic acids is 1. The summed E-state index contributed by atoms with van der Waals surface area (Å²) in [7, 11) is 0. The molecule has 3 rings (SSSR count). The van der Waals surface area contributed by atoms with Gasteiger partial charge in [0.25, 0.3) is 0 Å². The molecule has 106 valence electrons. The van der Waals surface area contributed by atoms with Crippen molar-refractivity contribution in [3.63, 3.8) is 0 Å². The first-order valence-electron chi connectivity index (χ1n) is 7.34. The number of carboxylic acid groups (broad SMARTS) is 1. The van der Waals surface area contributed by atoms with Gasteiger partial charge in [-0.25, -0.2) is 4.98 Å². The topological polar surface area (TPSA) is 66.0 Å². The average molecular weight is 272 g/mol. The number of hydrogen-bond acceptors (Lipinski definition) is 2. The van der Waals surface area contributed by atoms with Crippen molar-refractivity contribution in [3.05, 3.63) is 29.6 Å². The maximum absolute atomic E-state index is 11.7. The summed E-state index contributed by atoms with van der Waals surface area (Å²) in [6.45, 7) is 1.91. The monoisotopic (exact) mass is 272 g/mol. The third-order valence-corrected chi connectivity index (χ3v) is 4.37. The van der Waals surface area contributed by atoms with Crippen LogP contribution in [0, 0.1) is 12.8 Å². The molecule has 1 atom stereocenters. The van der Waals surface area contributed by atoms with Gasteiger partial charge in [0, 0.05) is 0 Å². The largest absolute Gasteiger partial charge is 0.481 e. The highest BCUT2D eigenvalue weighted by Gasteiger charge is 2.30. The smallest absolute Gasteiger partial charge is 0.311 e. The van der Waals surface area contributed by atoms with E-state index in [4.69, 9.17) is 0 Å². The summed E-state index contributed by atoms with van der Waals surface area (Å²) in [5.74, 6) is 0.0419. The predicted octanol–water partition coefficient (Wildman–Crippen LogP) is 3.62. The van der Waals surface area contributed by atoms with Crippen molar-refractivity contribution in [2.24, 2.45) is 5.92 Å². The number of hydrogen-bond donors (Lipinski definition) is 2. The Hall–Kier alpha value is -1.84. The Morgan fingerprint density at radius 2 is 2.10 bits per heavy atom. The third-order valence-electron chi connectivity index (χ3n) is 4.37. The molecule has 20 heavy (non-hydrogen) atoms. The molecule has 1 aliphatic rings. The Morgan fingerprint density at radius 3 is 2.80 bits per heavy atom. The van der Waals surface area contributed by atoms with E-state index in [-0.39, 0.29) is 11.8 Å². The van der Waals surface area contributed by atoms with Crippen LogP contribution in [0.4, 0.5) is 0 Å². The normalized spacial score (nSPS) is 18.2. The number of nitrogens with zero attached hydrogens (tertiary/aromatic N) is 1. The van der Waals surface area contributed by atoms with Crippen LogP contribution in [-0.4, -0.2) is 21.0 Å². The fraction of sp³-hybridized carbons (Fsp3) is 0.500. The molecule has 1 heterocycles. The average Bonchev–Trinajstić information content (AvgIpc) is 2.79. The van der Waals surface area contributed by atoms with E-state index in [9.17, 15) is 9.90 Å². The van der Waals surface area contributed by atoms with Crippen molar-refractivity contribution in [2.45, 2.75) is 44.9 Å². The van der Waals surface area contributed by atoms with Gasteiger partial charge in [-0.1, -0.05) is 25.3 Å². The summed E-state index contributed by atoms with van der Waals surface area (Å²) in [4.78, 5) is 19.3. The van der Waals surface area contributed by atoms with Gasteiger partial charge in [-0.3, -0.25) is 4.79 Å². The highest BCUT2D eigenvalue weighted by molar-refractivity contribution is 5.81. The van der Waals surface area contributed by atoms with Gasteiger partial charge < -0.3 is 10.1 Å². The molecule has 0 aliphatic heterocycles. The Morgan fingerprint density at radius 1 is 1.35 bits per heavy atom. The first-order chi connectivity index (χ1) is 9.65. The number of aryl methyl sites for hydroxylation is 1. The molecule has 1 fully saturated rings. The lowest BCUT2D eigenvalue weighted by molar-refractivity contribution is -0.140. The molecule has 0 amide bonds. The Balaban J connectivity index is 1.97. The summed E-state index contributed by atoms with van der Waals surface area (Å²) < 4.78 is 0. The Bertz CT molecular complexity index is 626. The number of imidazole rings is 1. The zero-order valence-electron chi connectivity index (χ0n) is 11.7. The van der Waals surface area contributed by atoms with E-state index >= 15 is 0 Å². The highest BCUT2D eigenvalue weighted by atomic mass is 16.4. The minimum Gasteiger partial charge on any atom is -0.481 e. The first-order valence-corrected chi connectivity index (χ1v) is 7.34. The molecule has 1 aliphatic carbocycles. The lowest BCUT2D eigenvalue weighted by Crippen LogP contribution is -2.23. The third kappa shape index (κ3) is 2.42. The molecule has 0 saturated heterocycles. The molecular weight excluding hydrogens is 252 g/mol. The SMILES string of the molecule is Cc1nc2ccc(C(C(=O)O)C3CCCCC3)cc2[nH]1. The molecule has 1 aromatic carbocycles. The van der Waals surface area contributed by atoms with Gasteiger partial charge >= 0.3 is 5.97 Å². The van der Waals surface area contributed by atoms with Crippen molar-refractivity contribution >= 4 is 17.0 Å². The fourth-order valence-electron chi connectivity index (χ4n) is 3.43. The molecule has 2 aromatic rings. The minimum absolute atomic E-state index is 0.266. The number of nitrogens with one attached hydrogen (secondary N) is 1. The number of rotatable bonds is 3. The molecule has 0 spiro atoms. The molecule has 0 radical (unpaired) electrons. The van der Waals surface area contributed by atoms with Crippen LogP contribution in [0.15, 0.2) is 18.2 Å². The molecule has 1 unspecified atom stereocenters. The number of H-pyrrole nitrogens is 1. The van der Waals surface area contributed by atoms with E-state index in [2.05, 4.69) is 9.97 Å². The van der Waals surface area contributed by atoms with Gasteiger partial charge in [0.05, 0.1) is 17.0 Å². The van der Waals surface area contributed by atoms with E-state index in [1.54, 1.807) is 0 Å². The van der Waals surface area contributed by atoms with Crippen molar-refractivity contribution in [3.8, 4) is 0 Å². The van der Waals surface area contributed by atoms with Crippen LogP contribution >= 0.6 is 0 Å². The van der Waals surface area contributed by atoms with Crippen molar-refractivity contribution in [1.29, 1.82) is 0 Å². The van der Waals surface area contributed by atoms with Gasteiger partial charge in [0.15, 0.2) is 0 Å². The van der Waals surface area contributed by atoms with Crippen molar-refractivity contribution in [1.82, 2.24) is 9.97 Å². The van der Waals surface area contributed by atoms with Crippen LogP contribution in [0.25, 0.3) is 11.0 Å². The highest BCUT2D eigenvalue weighted by Crippen LogP contribution is 2.37. The maximum atomic E-state index is 11.7. The standard InChI is InChI=1S/C16H20N2O2/c1-10-17-13-8-7-12(9-14(13)18-10)15(16(19)20)11-5-3-2-4-6-11/h7-9,11,15H,2-6H2,1H3,(H,17,18)(H,19,20). The van der Waals surface area contributed by atoms with Gasteiger partial charge in [-0.15, -0.1) is 0 Å². The quantitative estimate of drug-likeness (QED) is 0.896. The molecule has 1 aromatic heterocycles. The fourth-order valence-corrected chi connectivity index (χ4v) is 3.43. The number of carbonyl (C=O) groups is 1.